The Kier molecular flexibility index (Phi) is 4.38. The van der Waals surface area contributed by atoms with Gasteiger partial charge in [0.05, 0.1) is 17.3 Å². The van der Waals surface area contributed by atoms with E-state index >= 15 is 0 Å². The van der Waals surface area contributed by atoms with Crippen molar-refractivity contribution in [1.82, 2.24) is 9.78 Å². The van der Waals surface area contributed by atoms with E-state index in [-0.39, 0.29) is 18.1 Å². The molecule has 0 saturated carbocycles. The summed E-state index contributed by atoms with van der Waals surface area (Å²) >= 11 is 0. The predicted molar refractivity (Wildman–Crippen MR) is 109 cm³/mol. The number of benzene rings is 2. The maximum atomic E-state index is 13.4. The number of aryl methyl sites for hydroxylation is 4. The number of ketones is 1. The van der Waals surface area contributed by atoms with Gasteiger partial charge in [-0.25, -0.2) is 4.68 Å². The minimum Gasteiger partial charge on any atom is -0.310 e. The highest BCUT2D eigenvalue weighted by Crippen LogP contribution is 2.39. The number of carbonyl (C=O) groups excluding carboxylic acids is 2. The monoisotopic (exact) mass is 373 g/mol. The molecule has 0 radical (unpaired) electrons. The number of fused-ring (bicyclic) bond motifs is 1. The van der Waals surface area contributed by atoms with Crippen LogP contribution in [0.5, 0.6) is 0 Å². The standard InChI is InChI=1S/C23H23N3O2/c1-13-9-10-17(15(3)11-13)22(28)18-12-20(27)24-23-21(18)16(4)25-26(23)19-8-6-5-7-14(19)2/h5-11,18H,12H2,1-4H3,(H,24,27). The second kappa shape index (κ2) is 6.75. The van der Waals surface area contributed by atoms with Crippen LogP contribution in [0.15, 0.2) is 42.5 Å². The van der Waals surface area contributed by atoms with E-state index in [4.69, 9.17) is 0 Å². The highest BCUT2D eigenvalue weighted by atomic mass is 16.2. The zero-order valence-electron chi connectivity index (χ0n) is 16.5. The van der Waals surface area contributed by atoms with E-state index in [1.165, 1.54) is 0 Å². The Balaban J connectivity index is 1.85. The number of hydrogen-bond acceptors (Lipinski definition) is 3. The summed E-state index contributed by atoms with van der Waals surface area (Å²) in [5.74, 6) is -0.111. The molecule has 5 nitrogen and oxygen atoms in total. The molecule has 0 saturated heterocycles. The van der Waals surface area contributed by atoms with Crippen LogP contribution in [0.3, 0.4) is 0 Å². The number of amides is 1. The highest BCUT2D eigenvalue weighted by molar-refractivity contribution is 6.08. The zero-order valence-corrected chi connectivity index (χ0v) is 16.5. The molecular weight excluding hydrogens is 350 g/mol. The van der Waals surface area contributed by atoms with Crippen LogP contribution in [0.2, 0.25) is 0 Å². The molecule has 1 aromatic heterocycles. The molecule has 1 amide bonds. The summed E-state index contributed by atoms with van der Waals surface area (Å²) < 4.78 is 1.75. The average molecular weight is 373 g/mol. The molecule has 28 heavy (non-hydrogen) atoms. The topological polar surface area (TPSA) is 64.0 Å². The summed E-state index contributed by atoms with van der Waals surface area (Å²) in [6.07, 6.45) is 0.138. The van der Waals surface area contributed by atoms with Gasteiger partial charge < -0.3 is 5.32 Å². The van der Waals surface area contributed by atoms with E-state index in [1.807, 2.05) is 70.2 Å². The van der Waals surface area contributed by atoms with Crippen LogP contribution in [-0.2, 0) is 4.79 Å². The highest BCUT2D eigenvalue weighted by Gasteiger charge is 2.36. The van der Waals surface area contributed by atoms with Crippen molar-refractivity contribution in [3.63, 3.8) is 0 Å². The lowest BCUT2D eigenvalue weighted by molar-refractivity contribution is -0.116. The lowest BCUT2D eigenvalue weighted by Crippen LogP contribution is -2.29. The molecule has 0 fully saturated rings. The smallest absolute Gasteiger partial charge is 0.226 e. The molecule has 2 aromatic carbocycles. The van der Waals surface area contributed by atoms with Gasteiger partial charge in [0.15, 0.2) is 5.78 Å². The molecule has 3 aromatic rings. The van der Waals surface area contributed by atoms with Crippen molar-refractivity contribution in [1.29, 1.82) is 0 Å². The fourth-order valence-electron chi connectivity index (χ4n) is 4.02. The van der Waals surface area contributed by atoms with Gasteiger partial charge in [-0.3, -0.25) is 9.59 Å². The van der Waals surface area contributed by atoms with Crippen LogP contribution in [0, 0.1) is 27.7 Å². The van der Waals surface area contributed by atoms with Gasteiger partial charge in [-0.15, -0.1) is 0 Å². The van der Waals surface area contributed by atoms with E-state index in [0.717, 1.165) is 33.6 Å². The Hall–Kier alpha value is -3.21. The molecule has 0 spiro atoms. The van der Waals surface area contributed by atoms with E-state index in [2.05, 4.69) is 10.4 Å². The molecule has 4 rings (SSSR count). The van der Waals surface area contributed by atoms with Crippen molar-refractivity contribution in [3.05, 3.63) is 76.0 Å². The molecule has 1 atom stereocenters. The number of hydrogen-bond donors (Lipinski definition) is 1. The van der Waals surface area contributed by atoms with E-state index < -0.39 is 5.92 Å². The summed E-state index contributed by atoms with van der Waals surface area (Å²) in [7, 11) is 0. The van der Waals surface area contributed by atoms with Gasteiger partial charge >= 0.3 is 0 Å². The van der Waals surface area contributed by atoms with Gasteiger partial charge in [-0.1, -0.05) is 42.0 Å². The van der Waals surface area contributed by atoms with Gasteiger partial charge in [0, 0.05) is 17.5 Å². The van der Waals surface area contributed by atoms with Crippen LogP contribution in [0.25, 0.3) is 5.69 Å². The molecule has 0 aliphatic carbocycles. The van der Waals surface area contributed by atoms with Gasteiger partial charge in [0.25, 0.3) is 0 Å². The second-order valence-corrected chi connectivity index (χ2v) is 7.53. The Morgan fingerprint density at radius 1 is 1.07 bits per heavy atom. The average Bonchev–Trinajstić information content (AvgIpc) is 2.97. The first-order chi connectivity index (χ1) is 13.4. The number of nitrogens with one attached hydrogen (secondary N) is 1. The molecule has 1 unspecified atom stereocenters. The minimum absolute atomic E-state index is 0.0268. The largest absolute Gasteiger partial charge is 0.310 e. The molecular formula is C23H23N3O2. The number of carbonyl (C=O) groups is 2. The van der Waals surface area contributed by atoms with Gasteiger partial charge in [-0.2, -0.15) is 5.10 Å². The lowest BCUT2D eigenvalue weighted by atomic mass is 9.84. The number of rotatable bonds is 3. The minimum atomic E-state index is -0.525. The van der Waals surface area contributed by atoms with Crippen molar-refractivity contribution in [2.45, 2.75) is 40.0 Å². The SMILES string of the molecule is Cc1ccc(C(=O)C2CC(=O)Nc3c2c(C)nn3-c2ccccc2C)c(C)c1. The van der Waals surface area contributed by atoms with Gasteiger partial charge in [-0.05, 0) is 44.9 Å². The third kappa shape index (κ3) is 2.93. The van der Waals surface area contributed by atoms with Crippen LogP contribution >= 0.6 is 0 Å². The van der Waals surface area contributed by atoms with Crippen LogP contribution in [-0.4, -0.2) is 21.5 Å². The predicted octanol–water partition coefficient (Wildman–Crippen LogP) is 4.41. The summed E-state index contributed by atoms with van der Waals surface area (Å²) in [6, 6.07) is 13.7. The summed E-state index contributed by atoms with van der Waals surface area (Å²) in [5, 5.41) is 7.61. The Morgan fingerprint density at radius 3 is 2.54 bits per heavy atom. The normalized spacial score (nSPS) is 15.9. The molecule has 1 aliphatic rings. The van der Waals surface area contributed by atoms with E-state index in [1.54, 1.807) is 4.68 Å². The maximum Gasteiger partial charge on any atom is 0.226 e. The zero-order chi connectivity index (χ0) is 20.0. The van der Waals surface area contributed by atoms with Gasteiger partial charge in [0.2, 0.25) is 5.91 Å². The van der Waals surface area contributed by atoms with Crippen LogP contribution in [0.1, 0.15) is 50.6 Å². The van der Waals surface area contributed by atoms with Crippen LogP contribution in [0.4, 0.5) is 5.82 Å². The first kappa shape index (κ1) is 18.2. The van der Waals surface area contributed by atoms with Crippen molar-refractivity contribution >= 4 is 17.5 Å². The summed E-state index contributed by atoms with van der Waals surface area (Å²) in [4.78, 5) is 25.9. The number of nitrogens with zero attached hydrogens (tertiary/aromatic N) is 2. The van der Waals surface area contributed by atoms with Crippen molar-refractivity contribution in [2.24, 2.45) is 0 Å². The summed E-state index contributed by atoms with van der Waals surface area (Å²) in [5.41, 5.74) is 6.23. The van der Waals surface area contributed by atoms with Gasteiger partial charge in [0.1, 0.15) is 5.82 Å². The molecule has 5 heteroatoms. The lowest BCUT2D eigenvalue weighted by Gasteiger charge is -2.24. The Bertz CT molecular complexity index is 1110. The fourth-order valence-corrected chi connectivity index (χ4v) is 4.02. The van der Waals surface area contributed by atoms with Crippen LogP contribution < -0.4 is 5.32 Å². The van der Waals surface area contributed by atoms with E-state index in [9.17, 15) is 9.59 Å². The fraction of sp³-hybridized carbons (Fsp3) is 0.261. The molecule has 1 aliphatic heterocycles. The van der Waals surface area contributed by atoms with E-state index in [0.29, 0.717) is 11.4 Å². The second-order valence-electron chi connectivity index (χ2n) is 7.53. The number of para-hydroxylation sites is 1. The molecule has 1 N–H and O–H groups in total. The van der Waals surface area contributed by atoms with Crippen molar-refractivity contribution in [3.8, 4) is 5.69 Å². The molecule has 142 valence electrons. The number of Topliss-reactive ketones (excluding diaryl/α,β-unsaturated/α-hetero) is 1. The first-order valence-corrected chi connectivity index (χ1v) is 9.43. The quantitative estimate of drug-likeness (QED) is 0.692. The third-order valence-electron chi connectivity index (χ3n) is 5.41. The summed E-state index contributed by atoms with van der Waals surface area (Å²) in [6.45, 7) is 7.84. The first-order valence-electron chi connectivity index (χ1n) is 9.43. The Labute approximate surface area is 164 Å². The molecule has 2 heterocycles. The van der Waals surface area contributed by atoms with Crippen molar-refractivity contribution < 1.29 is 9.59 Å². The maximum absolute atomic E-state index is 13.4. The third-order valence-corrected chi connectivity index (χ3v) is 5.41. The number of anilines is 1. The number of aromatic nitrogens is 2. The van der Waals surface area contributed by atoms with Crippen molar-refractivity contribution in [2.75, 3.05) is 5.32 Å². The Morgan fingerprint density at radius 2 is 1.82 bits per heavy atom. The molecule has 0 bridgehead atoms.